The van der Waals surface area contributed by atoms with E-state index in [1.165, 1.54) is 0 Å². The molecule has 0 heterocycles. The van der Waals surface area contributed by atoms with E-state index < -0.39 is 13.1 Å². The van der Waals surface area contributed by atoms with Gasteiger partial charge in [-0.1, -0.05) is 0 Å². The first-order valence-electron chi connectivity index (χ1n) is 1.11. The highest BCUT2D eigenvalue weighted by Gasteiger charge is 1.95. The van der Waals surface area contributed by atoms with Crippen molar-refractivity contribution in [1.29, 1.82) is 0 Å². The van der Waals surface area contributed by atoms with E-state index in [2.05, 4.69) is 0 Å². The number of rotatable bonds is 1. The van der Waals surface area contributed by atoms with Gasteiger partial charge in [0.1, 0.15) is 0 Å². The summed E-state index contributed by atoms with van der Waals surface area (Å²) < 4.78 is 31.1. The Hall–Kier alpha value is 0.230. The van der Waals surface area contributed by atoms with E-state index in [1.807, 2.05) is 0 Å². The third kappa shape index (κ3) is 22.4. The molecular weight excluding hydrogens is 175 g/mol. The fraction of sp³-hybridized carbons (Fsp3) is 1.00. The van der Waals surface area contributed by atoms with Crippen molar-refractivity contribution in [1.82, 2.24) is 6.15 Å². The van der Waals surface area contributed by atoms with Crippen LogP contribution in [-0.4, -0.2) is 13.1 Å². The van der Waals surface area contributed by atoms with Crippen molar-refractivity contribution in [3.8, 4) is 0 Å². The molecule has 0 spiro atoms. The van der Waals surface area contributed by atoms with Crippen LogP contribution in [0.25, 0.3) is 0 Å². The summed E-state index contributed by atoms with van der Waals surface area (Å²) >= 11 is 0. The van der Waals surface area contributed by atoms with Gasteiger partial charge in [-0.15, -0.1) is 17.0 Å². The quantitative estimate of drug-likeness (QED) is 0.660. The van der Waals surface area contributed by atoms with Crippen LogP contribution >= 0.6 is 17.0 Å². The average Bonchev–Trinajstić information content (AvgIpc) is 1.38. The zero-order chi connectivity index (χ0) is 4.28. The van der Waals surface area contributed by atoms with Gasteiger partial charge in [0, 0.05) is 0 Å². The van der Waals surface area contributed by atoms with E-state index in [1.54, 1.807) is 0 Å². The summed E-state index contributed by atoms with van der Waals surface area (Å²) in [7, 11) is 0. The SMILES string of the molecule is Br.FCC(F)F.N. The molecule has 1 nitrogen and oxygen atoms in total. The molecule has 7 heavy (non-hydrogen) atoms. The summed E-state index contributed by atoms with van der Waals surface area (Å²) in [6.07, 6.45) is -2.78. The molecule has 0 aromatic heterocycles. The van der Waals surface area contributed by atoms with Crippen LogP contribution in [-0.2, 0) is 0 Å². The Labute approximate surface area is 50.2 Å². The first kappa shape index (κ1) is 15.7. The van der Waals surface area contributed by atoms with Crippen LogP contribution in [0.3, 0.4) is 0 Å². The molecular formula is C2H7BrF3N. The molecule has 0 bridgehead atoms. The van der Waals surface area contributed by atoms with E-state index >= 15 is 0 Å². The van der Waals surface area contributed by atoms with Crippen LogP contribution < -0.4 is 6.15 Å². The number of alkyl halides is 3. The smallest absolute Gasteiger partial charge is 0.266 e. The van der Waals surface area contributed by atoms with Crippen molar-refractivity contribution in [3.05, 3.63) is 0 Å². The van der Waals surface area contributed by atoms with Crippen LogP contribution in [0.15, 0.2) is 0 Å². The lowest BCUT2D eigenvalue weighted by atomic mass is 10.8. The third-order valence-electron chi connectivity index (χ3n) is 0.117. The summed E-state index contributed by atoms with van der Waals surface area (Å²) in [5.41, 5.74) is 0. The van der Waals surface area contributed by atoms with Gasteiger partial charge in [-0.2, -0.15) is 0 Å². The van der Waals surface area contributed by atoms with Crippen LogP contribution in [0.1, 0.15) is 0 Å². The molecule has 0 saturated carbocycles. The van der Waals surface area contributed by atoms with Crippen molar-refractivity contribution >= 4 is 17.0 Å². The summed E-state index contributed by atoms with van der Waals surface area (Å²) in [4.78, 5) is 0. The minimum atomic E-state index is -2.78. The Morgan fingerprint density at radius 2 is 1.43 bits per heavy atom. The molecule has 0 aliphatic heterocycles. The standard InChI is InChI=1S/C2H3F3.BrH.H3N/c3-1-2(4)5;;/h2H,1H2;1H;1H3. The monoisotopic (exact) mass is 181 g/mol. The van der Waals surface area contributed by atoms with Gasteiger partial charge < -0.3 is 6.15 Å². The van der Waals surface area contributed by atoms with Crippen molar-refractivity contribution in [2.75, 3.05) is 6.67 Å². The van der Waals surface area contributed by atoms with Crippen LogP contribution in [0.2, 0.25) is 0 Å². The zero-order valence-electron chi connectivity index (χ0n) is 3.53. The molecule has 5 heteroatoms. The molecule has 0 aliphatic rings. The largest absolute Gasteiger partial charge is 0.344 e. The lowest BCUT2D eigenvalue weighted by Gasteiger charge is -1.78. The van der Waals surface area contributed by atoms with E-state index in [0.29, 0.717) is 0 Å². The number of hydrogen-bond acceptors (Lipinski definition) is 1. The average molecular weight is 182 g/mol. The van der Waals surface area contributed by atoms with E-state index in [-0.39, 0.29) is 23.1 Å². The van der Waals surface area contributed by atoms with Crippen LogP contribution in [0, 0.1) is 0 Å². The van der Waals surface area contributed by atoms with E-state index in [4.69, 9.17) is 0 Å². The van der Waals surface area contributed by atoms with Gasteiger partial charge in [-0.3, -0.25) is 0 Å². The second kappa shape index (κ2) is 9.52. The molecule has 0 amide bonds. The van der Waals surface area contributed by atoms with Crippen LogP contribution in [0.5, 0.6) is 0 Å². The molecule has 0 aromatic carbocycles. The maximum atomic E-state index is 10.4. The highest BCUT2D eigenvalue weighted by Crippen LogP contribution is 1.88. The fourth-order valence-electron chi connectivity index (χ4n) is 0. The Morgan fingerprint density at radius 3 is 1.43 bits per heavy atom. The molecule has 0 aromatic rings. The fourth-order valence-corrected chi connectivity index (χ4v) is 0. The van der Waals surface area contributed by atoms with Gasteiger partial charge in [0.25, 0.3) is 6.43 Å². The maximum Gasteiger partial charge on any atom is 0.266 e. The molecule has 48 valence electrons. The van der Waals surface area contributed by atoms with Crippen molar-refractivity contribution in [2.45, 2.75) is 6.43 Å². The minimum absolute atomic E-state index is 0. The lowest BCUT2D eigenvalue weighted by molar-refractivity contribution is 0.113. The topological polar surface area (TPSA) is 35.0 Å². The maximum absolute atomic E-state index is 10.4. The van der Waals surface area contributed by atoms with Gasteiger partial charge in [-0.05, 0) is 0 Å². The number of halogens is 4. The van der Waals surface area contributed by atoms with Gasteiger partial charge in [0.2, 0.25) is 0 Å². The van der Waals surface area contributed by atoms with E-state index in [9.17, 15) is 13.2 Å². The second-order valence-corrected chi connectivity index (χ2v) is 0.545. The summed E-state index contributed by atoms with van der Waals surface area (Å²) in [5, 5.41) is 0. The minimum Gasteiger partial charge on any atom is -0.344 e. The molecule has 0 atom stereocenters. The third-order valence-corrected chi connectivity index (χ3v) is 0.117. The zero-order valence-corrected chi connectivity index (χ0v) is 5.25. The Kier molecular flexibility index (Phi) is 21.3. The van der Waals surface area contributed by atoms with Crippen molar-refractivity contribution in [3.63, 3.8) is 0 Å². The Bertz CT molecular complexity index is 26.9. The van der Waals surface area contributed by atoms with E-state index in [0.717, 1.165) is 0 Å². The van der Waals surface area contributed by atoms with Gasteiger partial charge in [0.05, 0.1) is 0 Å². The van der Waals surface area contributed by atoms with Gasteiger partial charge in [-0.25, -0.2) is 13.2 Å². The molecule has 0 radical (unpaired) electrons. The Balaban J connectivity index is -0.0000000800. The van der Waals surface area contributed by atoms with Crippen molar-refractivity contribution in [2.24, 2.45) is 0 Å². The normalized spacial score (nSPS) is 6.86. The Morgan fingerprint density at radius 1 is 1.29 bits per heavy atom. The first-order chi connectivity index (χ1) is 2.27. The summed E-state index contributed by atoms with van der Waals surface area (Å²) in [5.74, 6) is 0. The van der Waals surface area contributed by atoms with Crippen LogP contribution in [0.4, 0.5) is 13.2 Å². The summed E-state index contributed by atoms with van der Waals surface area (Å²) in [6.45, 7) is -1.53. The number of hydrogen-bond donors (Lipinski definition) is 1. The molecule has 0 aliphatic carbocycles. The van der Waals surface area contributed by atoms with Gasteiger partial charge in [0.15, 0.2) is 6.67 Å². The summed E-state index contributed by atoms with van der Waals surface area (Å²) in [6, 6.07) is 0. The predicted octanol–water partition coefficient (Wildman–Crippen LogP) is 1.96. The second-order valence-electron chi connectivity index (χ2n) is 0.545. The highest BCUT2D eigenvalue weighted by atomic mass is 79.9. The molecule has 0 fully saturated rings. The predicted molar refractivity (Wildman–Crippen MR) is 27.3 cm³/mol. The lowest BCUT2D eigenvalue weighted by Crippen LogP contribution is -1.88. The molecule has 0 saturated heterocycles. The molecule has 3 N–H and O–H groups in total. The van der Waals surface area contributed by atoms with Gasteiger partial charge >= 0.3 is 0 Å². The highest BCUT2D eigenvalue weighted by molar-refractivity contribution is 8.93. The molecule has 0 rings (SSSR count). The van der Waals surface area contributed by atoms with Crippen molar-refractivity contribution < 1.29 is 13.2 Å². The first-order valence-corrected chi connectivity index (χ1v) is 1.11. The molecule has 0 unspecified atom stereocenters.